The predicted molar refractivity (Wildman–Crippen MR) is 72.7 cm³/mol. The molecule has 4 nitrogen and oxygen atoms in total. The van der Waals surface area contributed by atoms with Crippen LogP contribution in [0.3, 0.4) is 0 Å². The molecule has 2 aromatic rings. The van der Waals surface area contributed by atoms with Gasteiger partial charge in [0.15, 0.2) is 0 Å². The van der Waals surface area contributed by atoms with E-state index < -0.39 is 0 Å². The maximum Gasteiger partial charge on any atom is 0.125 e. The molecule has 1 heterocycles. The first-order valence-corrected chi connectivity index (χ1v) is 6.26. The van der Waals surface area contributed by atoms with Gasteiger partial charge in [-0.3, -0.25) is 0 Å². The standard InChI is InChI=1S/C14H19N3O/c1-3-11(2)18-13-6-4-5-12(9-13)17-10-14-15-7-8-16-14/h4-9,11,17H,3,10H2,1-2H3,(H,15,16). The van der Waals surface area contributed by atoms with E-state index in [0.29, 0.717) is 6.54 Å². The molecule has 18 heavy (non-hydrogen) atoms. The highest BCUT2D eigenvalue weighted by Crippen LogP contribution is 2.19. The van der Waals surface area contributed by atoms with Crippen molar-refractivity contribution in [1.82, 2.24) is 9.97 Å². The molecule has 0 radical (unpaired) electrons. The Balaban J connectivity index is 1.94. The first-order chi connectivity index (χ1) is 8.78. The summed E-state index contributed by atoms with van der Waals surface area (Å²) in [5.41, 5.74) is 1.03. The Morgan fingerprint density at radius 3 is 3.06 bits per heavy atom. The summed E-state index contributed by atoms with van der Waals surface area (Å²) in [5, 5.41) is 3.30. The molecule has 0 saturated heterocycles. The van der Waals surface area contributed by atoms with Gasteiger partial charge in [0, 0.05) is 24.1 Å². The van der Waals surface area contributed by atoms with Crippen molar-refractivity contribution in [2.45, 2.75) is 32.9 Å². The lowest BCUT2D eigenvalue weighted by atomic mass is 10.2. The van der Waals surface area contributed by atoms with Crippen molar-refractivity contribution in [2.75, 3.05) is 5.32 Å². The number of nitrogens with zero attached hydrogens (tertiary/aromatic N) is 1. The van der Waals surface area contributed by atoms with Crippen molar-refractivity contribution < 1.29 is 4.74 Å². The highest BCUT2D eigenvalue weighted by Gasteiger charge is 2.02. The Labute approximate surface area is 107 Å². The molecule has 1 aromatic heterocycles. The van der Waals surface area contributed by atoms with Crippen LogP contribution in [-0.4, -0.2) is 16.1 Å². The van der Waals surface area contributed by atoms with E-state index in [1.807, 2.05) is 30.5 Å². The highest BCUT2D eigenvalue weighted by molar-refractivity contribution is 5.48. The fourth-order valence-electron chi connectivity index (χ4n) is 1.58. The average molecular weight is 245 g/mol. The highest BCUT2D eigenvalue weighted by atomic mass is 16.5. The van der Waals surface area contributed by atoms with Gasteiger partial charge in [0.2, 0.25) is 0 Å². The summed E-state index contributed by atoms with van der Waals surface area (Å²) in [6.07, 6.45) is 4.81. The summed E-state index contributed by atoms with van der Waals surface area (Å²) in [6.45, 7) is 4.87. The number of imidazole rings is 1. The number of rotatable bonds is 6. The molecular formula is C14H19N3O. The number of benzene rings is 1. The van der Waals surface area contributed by atoms with E-state index in [4.69, 9.17) is 4.74 Å². The maximum absolute atomic E-state index is 5.78. The van der Waals surface area contributed by atoms with E-state index in [-0.39, 0.29) is 6.10 Å². The Hall–Kier alpha value is -1.97. The van der Waals surface area contributed by atoms with E-state index in [2.05, 4.69) is 29.1 Å². The van der Waals surface area contributed by atoms with Crippen LogP contribution in [0.2, 0.25) is 0 Å². The van der Waals surface area contributed by atoms with Crippen LogP contribution >= 0.6 is 0 Å². The lowest BCUT2D eigenvalue weighted by Crippen LogP contribution is -2.09. The van der Waals surface area contributed by atoms with Crippen LogP contribution in [0.1, 0.15) is 26.1 Å². The van der Waals surface area contributed by atoms with Crippen LogP contribution in [0, 0.1) is 0 Å². The number of hydrogen-bond donors (Lipinski definition) is 2. The lowest BCUT2D eigenvalue weighted by molar-refractivity contribution is 0.217. The molecule has 0 spiro atoms. The lowest BCUT2D eigenvalue weighted by Gasteiger charge is -2.13. The Morgan fingerprint density at radius 1 is 1.44 bits per heavy atom. The van der Waals surface area contributed by atoms with Gasteiger partial charge in [0.05, 0.1) is 12.6 Å². The quantitative estimate of drug-likeness (QED) is 0.821. The summed E-state index contributed by atoms with van der Waals surface area (Å²) in [7, 11) is 0. The fourth-order valence-corrected chi connectivity index (χ4v) is 1.58. The summed E-state index contributed by atoms with van der Waals surface area (Å²) in [5.74, 6) is 1.82. The van der Waals surface area contributed by atoms with Crippen molar-refractivity contribution in [3.8, 4) is 5.75 Å². The number of ether oxygens (including phenoxy) is 1. The Bertz CT molecular complexity index is 468. The average Bonchev–Trinajstić information content (AvgIpc) is 2.90. The van der Waals surface area contributed by atoms with Crippen molar-refractivity contribution in [1.29, 1.82) is 0 Å². The molecule has 1 aromatic carbocycles. The van der Waals surface area contributed by atoms with E-state index in [0.717, 1.165) is 23.7 Å². The molecule has 0 saturated carbocycles. The zero-order chi connectivity index (χ0) is 12.8. The molecule has 0 aliphatic rings. The van der Waals surface area contributed by atoms with Gasteiger partial charge in [-0.15, -0.1) is 0 Å². The largest absolute Gasteiger partial charge is 0.491 e. The van der Waals surface area contributed by atoms with Gasteiger partial charge in [-0.2, -0.15) is 0 Å². The summed E-state index contributed by atoms with van der Waals surface area (Å²) in [4.78, 5) is 7.22. The number of aromatic amines is 1. The fraction of sp³-hybridized carbons (Fsp3) is 0.357. The normalized spacial score (nSPS) is 12.1. The number of anilines is 1. The molecule has 0 aliphatic carbocycles. The van der Waals surface area contributed by atoms with Crippen LogP contribution in [0.15, 0.2) is 36.7 Å². The van der Waals surface area contributed by atoms with Gasteiger partial charge in [0.25, 0.3) is 0 Å². The summed E-state index contributed by atoms with van der Waals surface area (Å²) in [6, 6.07) is 7.99. The van der Waals surface area contributed by atoms with Crippen molar-refractivity contribution >= 4 is 5.69 Å². The summed E-state index contributed by atoms with van der Waals surface area (Å²) < 4.78 is 5.78. The minimum absolute atomic E-state index is 0.241. The number of aromatic nitrogens is 2. The molecule has 96 valence electrons. The topological polar surface area (TPSA) is 49.9 Å². The van der Waals surface area contributed by atoms with Crippen LogP contribution in [0.4, 0.5) is 5.69 Å². The first-order valence-electron chi connectivity index (χ1n) is 6.26. The molecule has 0 bridgehead atoms. The third-order valence-corrected chi connectivity index (χ3v) is 2.76. The Kier molecular flexibility index (Phi) is 4.23. The number of hydrogen-bond acceptors (Lipinski definition) is 3. The number of H-pyrrole nitrogens is 1. The third-order valence-electron chi connectivity index (χ3n) is 2.76. The number of nitrogens with one attached hydrogen (secondary N) is 2. The second kappa shape index (κ2) is 6.10. The Morgan fingerprint density at radius 2 is 2.33 bits per heavy atom. The first kappa shape index (κ1) is 12.5. The maximum atomic E-state index is 5.78. The zero-order valence-electron chi connectivity index (χ0n) is 10.8. The van der Waals surface area contributed by atoms with Crippen molar-refractivity contribution in [2.24, 2.45) is 0 Å². The van der Waals surface area contributed by atoms with Crippen LogP contribution < -0.4 is 10.1 Å². The molecule has 2 N–H and O–H groups in total. The SMILES string of the molecule is CCC(C)Oc1cccc(NCc2ncc[nH]2)c1. The molecular weight excluding hydrogens is 226 g/mol. The minimum atomic E-state index is 0.241. The second-order valence-electron chi connectivity index (χ2n) is 4.25. The van der Waals surface area contributed by atoms with E-state index in [9.17, 15) is 0 Å². The monoisotopic (exact) mass is 245 g/mol. The molecule has 1 unspecified atom stereocenters. The van der Waals surface area contributed by atoms with Gasteiger partial charge >= 0.3 is 0 Å². The summed E-state index contributed by atoms with van der Waals surface area (Å²) >= 11 is 0. The van der Waals surface area contributed by atoms with Gasteiger partial charge < -0.3 is 15.0 Å². The van der Waals surface area contributed by atoms with Gasteiger partial charge in [-0.05, 0) is 25.5 Å². The van der Waals surface area contributed by atoms with Gasteiger partial charge in [-0.1, -0.05) is 13.0 Å². The predicted octanol–water partition coefficient (Wildman–Crippen LogP) is 3.20. The van der Waals surface area contributed by atoms with E-state index in [1.165, 1.54) is 0 Å². The van der Waals surface area contributed by atoms with Gasteiger partial charge in [-0.25, -0.2) is 4.98 Å². The molecule has 0 fully saturated rings. The smallest absolute Gasteiger partial charge is 0.125 e. The molecule has 4 heteroatoms. The zero-order valence-corrected chi connectivity index (χ0v) is 10.8. The molecule has 0 amide bonds. The van der Waals surface area contributed by atoms with E-state index >= 15 is 0 Å². The van der Waals surface area contributed by atoms with Crippen molar-refractivity contribution in [3.05, 3.63) is 42.5 Å². The molecule has 0 aliphatic heterocycles. The minimum Gasteiger partial charge on any atom is -0.491 e. The third kappa shape index (κ3) is 3.52. The van der Waals surface area contributed by atoms with Crippen LogP contribution in [0.5, 0.6) is 5.75 Å². The molecule has 1 atom stereocenters. The van der Waals surface area contributed by atoms with Crippen molar-refractivity contribution in [3.63, 3.8) is 0 Å². The van der Waals surface area contributed by atoms with E-state index in [1.54, 1.807) is 6.20 Å². The second-order valence-corrected chi connectivity index (χ2v) is 4.25. The van der Waals surface area contributed by atoms with Crippen LogP contribution in [0.25, 0.3) is 0 Å². The van der Waals surface area contributed by atoms with Crippen LogP contribution in [-0.2, 0) is 6.54 Å². The molecule has 2 rings (SSSR count). The van der Waals surface area contributed by atoms with Gasteiger partial charge in [0.1, 0.15) is 11.6 Å².